The van der Waals surface area contributed by atoms with Gasteiger partial charge in [0, 0.05) is 24.7 Å². The second-order valence-electron chi connectivity index (χ2n) is 4.26. The molecule has 1 aliphatic rings. The minimum absolute atomic E-state index is 0.386. The highest BCUT2D eigenvalue weighted by Gasteiger charge is 2.18. The summed E-state index contributed by atoms with van der Waals surface area (Å²) in [6, 6.07) is 8.06. The topological polar surface area (TPSA) is 35.5 Å². The maximum atomic E-state index is 9.59. The fourth-order valence-electron chi connectivity index (χ4n) is 2.02. The first-order chi connectivity index (χ1) is 7.25. The van der Waals surface area contributed by atoms with Gasteiger partial charge in [-0.25, -0.2) is 0 Å². The van der Waals surface area contributed by atoms with Crippen molar-refractivity contribution in [3.8, 4) is 5.75 Å². The smallest absolute Gasteiger partial charge is 0.120 e. The third-order valence-electron chi connectivity index (χ3n) is 2.96. The predicted octanol–water partition coefficient (Wildman–Crippen LogP) is 1.19. The average molecular weight is 206 g/mol. The van der Waals surface area contributed by atoms with Crippen LogP contribution in [0, 0.1) is 0 Å². The largest absolute Gasteiger partial charge is 0.508 e. The van der Waals surface area contributed by atoms with Crippen LogP contribution in [-0.2, 0) is 6.54 Å². The molecule has 0 amide bonds. The van der Waals surface area contributed by atoms with Crippen molar-refractivity contribution in [2.24, 2.45) is 0 Å². The molecule has 0 bridgehead atoms. The van der Waals surface area contributed by atoms with E-state index in [0.29, 0.717) is 11.8 Å². The second kappa shape index (κ2) is 4.64. The molecule has 1 aliphatic heterocycles. The number of phenols is 1. The van der Waals surface area contributed by atoms with Gasteiger partial charge in [0.25, 0.3) is 0 Å². The molecule has 3 nitrogen and oxygen atoms in total. The Morgan fingerprint density at radius 3 is 2.93 bits per heavy atom. The molecule has 0 unspecified atom stereocenters. The van der Waals surface area contributed by atoms with E-state index in [-0.39, 0.29) is 0 Å². The van der Waals surface area contributed by atoms with Crippen LogP contribution >= 0.6 is 0 Å². The van der Waals surface area contributed by atoms with Crippen LogP contribution in [0.5, 0.6) is 5.75 Å². The van der Waals surface area contributed by atoms with E-state index in [9.17, 15) is 5.11 Å². The minimum Gasteiger partial charge on any atom is -0.508 e. The first-order valence-electron chi connectivity index (χ1n) is 5.44. The molecule has 1 aromatic rings. The number of benzene rings is 1. The molecule has 0 saturated carbocycles. The maximum Gasteiger partial charge on any atom is 0.120 e. The summed E-state index contributed by atoms with van der Waals surface area (Å²) in [5.41, 5.74) is 0.979. The van der Waals surface area contributed by atoms with Crippen molar-refractivity contribution in [1.29, 1.82) is 0 Å². The summed E-state index contributed by atoms with van der Waals surface area (Å²) in [6.45, 7) is 3.03. The number of likely N-dealkylation sites (N-methyl/N-ethyl adjacent to an activating group) is 1. The summed E-state index contributed by atoms with van der Waals surface area (Å²) in [6.07, 6.45) is 1.20. The van der Waals surface area contributed by atoms with Crippen LogP contribution < -0.4 is 5.32 Å². The van der Waals surface area contributed by atoms with Crippen molar-refractivity contribution in [2.75, 3.05) is 20.1 Å². The highest BCUT2D eigenvalue weighted by molar-refractivity contribution is 5.31. The zero-order valence-electron chi connectivity index (χ0n) is 9.11. The van der Waals surface area contributed by atoms with Crippen LogP contribution in [0.25, 0.3) is 0 Å². The Kier molecular flexibility index (Phi) is 3.23. The summed E-state index contributed by atoms with van der Waals surface area (Å²) in [7, 11) is 2.14. The van der Waals surface area contributed by atoms with E-state index in [2.05, 4.69) is 17.3 Å². The number of hydrogen-bond donors (Lipinski definition) is 2. The van der Waals surface area contributed by atoms with Gasteiger partial charge >= 0.3 is 0 Å². The van der Waals surface area contributed by atoms with Crippen LogP contribution in [0.2, 0.25) is 0 Å². The Morgan fingerprint density at radius 1 is 1.47 bits per heavy atom. The number of hydrogen-bond acceptors (Lipinski definition) is 3. The lowest BCUT2D eigenvalue weighted by atomic mass is 10.2. The SMILES string of the molecule is CN1CC[C@H](NCc2ccccc2O)C1. The Balaban J connectivity index is 1.86. The summed E-state index contributed by atoms with van der Waals surface area (Å²) in [5, 5.41) is 13.1. The van der Waals surface area contributed by atoms with Crippen molar-refractivity contribution < 1.29 is 5.11 Å². The zero-order chi connectivity index (χ0) is 10.7. The summed E-state index contributed by atoms with van der Waals surface area (Å²) >= 11 is 0. The van der Waals surface area contributed by atoms with Crippen LogP contribution in [0.4, 0.5) is 0 Å². The third kappa shape index (κ3) is 2.70. The van der Waals surface area contributed by atoms with Gasteiger partial charge in [-0.3, -0.25) is 0 Å². The number of nitrogens with one attached hydrogen (secondary N) is 1. The highest BCUT2D eigenvalue weighted by Crippen LogP contribution is 2.16. The van der Waals surface area contributed by atoms with Gasteiger partial charge in [-0.1, -0.05) is 18.2 Å². The third-order valence-corrected chi connectivity index (χ3v) is 2.96. The Labute approximate surface area is 90.7 Å². The zero-order valence-corrected chi connectivity index (χ0v) is 9.11. The van der Waals surface area contributed by atoms with Gasteiger partial charge in [0.1, 0.15) is 5.75 Å². The molecule has 0 radical (unpaired) electrons. The molecule has 1 fully saturated rings. The molecule has 0 aromatic heterocycles. The number of phenolic OH excluding ortho intramolecular Hbond substituents is 1. The highest BCUT2D eigenvalue weighted by atomic mass is 16.3. The van der Waals surface area contributed by atoms with Crippen molar-refractivity contribution in [3.63, 3.8) is 0 Å². The fourth-order valence-corrected chi connectivity index (χ4v) is 2.02. The molecule has 82 valence electrons. The molecular formula is C12H18N2O. The van der Waals surface area contributed by atoms with Crippen LogP contribution in [0.3, 0.4) is 0 Å². The fraction of sp³-hybridized carbons (Fsp3) is 0.500. The van der Waals surface area contributed by atoms with E-state index in [0.717, 1.165) is 18.7 Å². The lowest BCUT2D eigenvalue weighted by molar-refractivity contribution is 0.396. The van der Waals surface area contributed by atoms with Crippen LogP contribution in [0.15, 0.2) is 24.3 Å². The maximum absolute atomic E-state index is 9.59. The summed E-state index contributed by atoms with van der Waals surface area (Å²) in [4.78, 5) is 2.32. The standard InChI is InChI=1S/C12H18N2O/c1-14-7-6-11(9-14)13-8-10-4-2-3-5-12(10)15/h2-5,11,13,15H,6-9H2,1H3/t11-/m0/s1. The molecule has 1 aromatic carbocycles. The lowest BCUT2D eigenvalue weighted by Crippen LogP contribution is -2.30. The molecule has 1 atom stereocenters. The number of nitrogens with zero attached hydrogens (tertiary/aromatic N) is 1. The van der Waals surface area contributed by atoms with Gasteiger partial charge < -0.3 is 15.3 Å². The number of likely N-dealkylation sites (tertiary alicyclic amines) is 1. The Morgan fingerprint density at radius 2 is 2.27 bits per heavy atom. The summed E-state index contributed by atoms with van der Waals surface area (Å²) in [5.74, 6) is 0.386. The van der Waals surface area contributed by atoms with Gasteiger partial charge in [-0.05, 0) is 26.1 Å². The van der Waals surface area contributed by atoms with Crippen molar-refractivity contribution >= 4 is 0 Å². The average Bonchev–Trinajstić information content (AvgIpc) is 2.63. The lowest BCUT2D eigenvalue weighted by Gasteiger charge is -2.13. The molecule has 3 heteroatoms. The molecule has 0 spiro atoms. The Hall–Kier alpha value is -1.06. The number of aromatic hydroxyl groups is 1. The van der Waals surface area contributed by atoms with Crippen LogP contribution in [0.1, 0.15) is 12.0 Å². The van der Waals surface area contributed by atoms with Crippen LogP contribution in [-0.4, -0.2) is 36.2 Å². The molecule has 1 saturated heterocycles. The van der Waals surface area contributed by atoms with Crippen molar-refractivity contribution in [3.05, 3.63) is 29.8 Å². The van der Waals surface area contributed by atoms with Gasteiger partial charge in [0.2, 0.25) is 0 Å². The molecule has 0 aliphatic carbocycles. The number of para-hydroxylation sites is 1. The monoisotopic (exact) mass is 206 g/mol. The molecule has 15 heavy (non-hydrogen) atoms. The molecular weight excluding hydrogens is 188 g/mol. The Bertz CT molecular complexity index is 327. The summed E-state index contributed by atoms with van der Waals surface area (Å²) < 4.78 is 0. The number of rotatable bonds is 3. The first-order valence-corrected chi connectivity index (χ1v) is 5.44. The van der Waals surface area contributed by atoms with Gasteiger partial charge in [0.15, 0.2) is 0 Å². The van der Waals surface area contributed by atoms with Crippen molar-refractivity contribution in [2.45, 2.75) is 19.0 Å². The van der Waals surface area contributed by atoms with E-state index in [4.69, 9.17) is 0 Å². The van der Waals surface area contributed by atoms with Crippen molar-refractivity contribution in [1.82, 2.24) is 10.2 Å². The normalized spacial score (nSPS) is 22.1. The van der Waals surface area contributed by atoms with Gasteiger partial charge in [-0.15, -0.1) is 0 Å². The van der Waals surface area contributed by atoms with Gasteiger partial charge in [-0.2, -0.15) is 0 Å². The first kappa shape index (κ1) is 10.5. The predicted molar refractivity (Wildman–Crippen MR) is 60.8 cm³/mol. The quantitative estimate of drug-likeness (QED) is 0.779. The van der Waals surface area contributed by atoms with Gasteiger partial charge in [0.05, 0.1) is 0 Å². The molecule has 2 N–H and O–H groups in total. The van der Waals surface area contributed by atoms with E-state index in [1.165, 1.54) is 13.0 Å². The van der Waals surface area contributed by atoms with E-state index in [1.807, 2.05) is 18.2 Å². The van der Waals surface area contributed by atoms with E-state index >= 15 is 0 Å². The van der Waals surface area contributed by atoms with E-state index < -0.39 is 0 Å². The minimum atomic E-state index is 0.386. The van der Waals surface area contributed by atoms with E-state index in [1.54, 1.807) is 6.07 Å². The molecule has 1 heterocycles. The molecule has 2 rings (SSSR count). The second-order valence-corrected chi connectivity index (χ2v) is 4.26.